The standard InChI is InChI=1S/C10H10ClNOS/c11-9-5-6-10(13)12-7-3-1-2-4-8(7)14-9/h1-4,9H,5-6H2,(H,12,13). The Morgan fingerprint density at radius 3 is 3.07 bits per heavy atom. The first-order chi connectivity index (χ1) is 6.75. The zero-order valence-electron chi connectivity index (χ0n) is 7.50. The molecular weight excluding hydrogens is 218 g/mol. The molecule has 1 aliphatic rings. The molecule has 1 atom stereocenters. The molecule has 74 valence electrons. The van der Waals surface area contributed by atoms with Gasteiger partial charge in [-0.1, -0.05) is 12.1 Å². The number of thioether (sulfide) groups is 1. The van der Waals surface area contributed by atoms with E-state index in [1.165, 1.54) is 0 Å². The molecule has 0 saturated carbocycles. The Morgan fingerprint density at radius 1 is 1.43 bits per heavy atom. The van der Waals surface area contributed by atoms with Gasteiger partial charge in [-0.2, -0.15) is 0 Å². The molecule has 1 N–H and O–H groups in total. The molecule has 0 fully saturated rings. The second-order valence-corrected chi connectivity index (χ2v) is 5.14. The number of anilines is 1. The Morgan fingerprint density at radius 2 is 2.21 bits per heavy atom. The summed E-state index contributed by atoms with van der Waals surface area (Å²) < 4.78 is -0.0119. The summed E-state index contributed by atoms with van der Waals surface area (Å²) in [6, 6.07) is 7.73. The first-order valence-electron chi connectivity index (χ1n) is 4.45. The molecule has 1 aromatic carbocycles. The summed E-state index contributed by atoms with van der Waals surface area (Å²) in [5.41, 5.74) is 0.868. The maximum atomic E-state index is 11.4. The van der Waals surface area contributed by atoms with E-state index in [1.807, 2.05) is 24.3 Å². The molecule has 1 aliphatic heterocycles. The van der Waals surface area contributed by atoms with Crippen LogP contribution in [-0.2, 0) is 4.79 Å². The lowest BCUT2D eigenvalue weighted by Crippen LogP contribution is -2.15. The van der Waals surface area contributed by atoms with Crippen LogP contribution in [0.15, 0.2) is 29.2 Å². The molecule has 2 nitrogen and oxygen atoms in total. The van der Waals surface area contributed by atoms with E-state index in [1.54, 1.807) is 11.8 Å². The fraction of sp³-hybridized carbons (Fsp3) is 0.300. The highest BCUT2D eigenvalue weighted by Crippen LogP contribution is 2.35. The molecule has 0 aromatic heterocycles. The Kier molecular flexibility index (Phi) is 2.99. The number of hydrogen-bond donors (Lipinski definition) is 1. The molecule has 14 heavy (non-hydrogen) atoms. The predicted octanol–water partition coefficient (Wildman–Crippen LogP) is 3.08. The molecule has 1 unspecified atom stereocenters. The van der Waals surface area contributed by atoms with Crippen molar-refractivity contribution in [2.45, 2.75) is 22.4 Å². The maximum Gasteiger partial charge on any atom is 0.224 e. The third kappa shape index (κ3) is 2.22. The third-order valence-corrected chi connectivity index (χ3v) is 3.60. The Labute approximate surface area is 92.0 Å². The largest absolute Gasteiger partial charge is 0.325 e. The average molecular weight is 228 g/mol. The van der Waals surface area contributed by atoms with Gasteiger partial charge in [-0.25, -0.2) is 0 Å². The van der Waals surface area contributed by atoms with Crippen LogP contribution in [0, 0.1) is 0 Å². The molecule has 0 spiro atoms. The van der Waals surface area contributed by atoms with Crippen LogP contribution in [0.1, 0.15) is 12.8 Å². The first-order valence-corrected chi connectivity index (χ1v) is 5.77. The summed E-state index contributed by atoms with van der Waals surface area (Å²) >= 11 is 7.67. The molecule has 0 radical (unpaired) electrons. The zero-order valence-corrected chi connectivity index (χ0v) is 9.07. The summed E-state index contributed by atoms with van der Waals surface area (Å²) in [7, 11) is 0. The highest BCUT2D eigenvalue weighted by Gasteiger charge is 2.16. The van der Waals surface area contributed by atoms with Crippen LogP contribution >= 0.6 is 23.4 Å². The van der Waals surface area contributed by atoms with Crippen molar-refractivity contribution in [3.05, 3.63) is 24.3 Å². The fourth-order valence-electron chi connectivity index (χ4n) is 1.33. The van der Waals surface area contributed by atoms with E-state index in [4.69, 9.17) is 11.6 Å². The number of para-hydroxylation sites is 1. The van der Waals surface area contributed by atoms with Gasteiger partial charge in [0.2, 0.25) is 5.91 Å². The summed E-state index contributed by atoms with van der Waals surface area (Å²) in [4.78, 5) is 12.4. The van der Waals surface area contributed by atoms with Crippen molar-refractivity contribution >= 4 is 35.0 Å². The number of carbonyl (C=O) groups excluding carboxylic acids is 1. The molecule has 1 amide bonds. The minimum absolute atomic E-state index is 0.0119. The average Bonchev–Trinajstić information content (AvgIpc) is 2.16. The number of amides is 1. The Balaban J connectivity index is 2.32. The van der Waals surface area contributed by atoms with Gasteiger partial charge in [-0.3, -0.25) is 4.79 Å². The lowest BCUT2D eigenvalue weighted by atomic mass is 10.2. The van der Waals surface area contributed by atoms with E-state index in [0.717, 1.165) is 10.6 Å². The third-order valence-electron chi connectivity index (χ3n) is 2.01. The van der Waals surface area contributed by atoms with Crippen LogP contribution in [-0.4, -0.2) is 10.6 Å². The van der Waals surface area contributed by atoms with Gasteiger partial charge in [0.1, 0.15) is 0 Å². The Hall–Kier alpha value is -0.670. The van der Waals surface area contributed by atoms with Gasteiger partial charge in [0.15, 0.2) is 0 Å². The maximum absolute atomic E-state index is 11.4. The minimum Gasteiger partial charge on any atom is -0.325 e. The second kappa shape index (κ2) is 4.24. The minimum atomic E-state index is -0.0119. The van der Waals surface area contributed by atoms with Gasteiger partial charge < -0.3 is 5.32 Å². The number of hydrogen-bond acceptors (Lipinski definition) is 2. The van der Waals surface area contributed by atoms with Gasteiger partial charge in [-0.15, -0.1) is 23.4 Å². The number of fused-ring (bicyclic) bond motifs is 1. The molecule has 1 aromatic rings. The smallest absolute Gasteiger partial charge is 0.224 e. The summed E-state index contributed by atoms with van der Waals surface area (Å²) in [5.74, 6) is 0.0448. The molecule has 4 heteroatoms. The van der Waals surface area contributed by atoms with Crippen molar-refractivity contribution in [3.8, 4) is 0 Å². The predicted molar refractivity (Wildman–Crippen MR) is 59.8 cm³/mol. The van der Waals surface area contributed by atoms with Crippen LogP contribution in [0.2, 0.25) is 0 Å². The van der Waals surface area contributed by atoms with E-state index in [0.29, 0.717) is 12.8 Å². The van der Waals surface area contributed by atoms with Gasteiger partial charge in [-0.05, 0) is 18.6 Å². The SMILES string of the molecule is O=C1CCC(Cl)Sc2ccccc2N1. The first kappa shape index (κ1) is 9.87. The van der Waals surface area contributed by atoms with E-state index in [2.05, 4.69) is 5.32 Å². The molecular formula is C10H10ClNOS. The number of carbonyl (C=O) groups is 1. The van der Waals surface area contributed by atoms with E-state index in [-0.39, 0.29) is 10.6 Å². The number of alkyl halides is 1. The number of rotatable bonds is 0. The zero-order chi connectivity index (χ0) is 9.97. The van der Waals surface area contributed by atoms with Gasteiger partial charge >= 0.3 is 0 Å². The number of benzene rings is 1. The highest BCUT2D eigenvalue weighted by molar-refractivity contribution is 8.01. The summed E-state index contributed by atoms with van der Waals surface area (Å²) in [6.07, 6.45) is 1.21. The highest BCUT2D eigenvalue weighted by atomic mass is 35.5. The van der Waals surface area contributed by atoms with Crippen molar-refractivity contribution < 1.29 is 4.79 Å². The van der Waals surface area contributed by atoms with Gasteiger partial charge in [0.25, 0.3) is 0 Å². The number of nitrogens with one attached hydrogen (secondary N) is 1. The van der Waals surface area contributed by atoms with E-state index >= 15 is 0 Å². The van der Waals surface area contributed by atoms with Crippen LogP contribution < -0.4 is 5.32 Å². The fourth-order valence-corrected chi connectivity index (χ4v) is 2.64. The van der Waals surface area contributed by atoms with Crippen LogP contribution in [0.4, 0.5) is 5.69 Å². The van der Waals surface area contributed by atoms with E-state index in [9.17, 15) is 4.79 Å². The Bertz CT molecular complexity index is 356. The topological polar surface area (TPSA) is 29.1 Å². The van der Waals surface area contributed by atoms with Gasteiger partial charge in [0, 0.05) is 11.3 Å². The van der Waals surface area contributed by atoms with Crippen molar-refractivity contribution in [3.63, 3.8) is 0 Å². The monoisotopic (exact) mass is 227 g/mol. The lowest BCUT2D eigenvalue weighted by Gasteiger charge is -2.17. The normalized spacial score (nSPS) is 21.8. The van der Waals surface area contributed by atoms with E-state index < -0.39 is 0 Å². The van der Waals surface area contributed by atoms with Gasteiger partial charge in [0.05, 0.1) is 10.4 Å². The molecule has 0 aliphatic carbocycles. The molecule has 2 rings (SSSR count). The molecule has 0 bridgehead atoms. The van der Waals surface area contributed by atoms with Crippen molar-refractivity contribution in [2.24, 2.45) is 0 Å². The van der Waals surface area contributed by atoms with Crippen molar-refractivity contribution in [1.29, 1.82) is 0 Å². The van der Waals surface area contributed by atoms with Crippen LogP contribution in [0.3, 0.4) is 0 Å². The van der Waals surface area contributed by atoms with Crippen molar-refractivity contribution in [2.75, 3.05) is 5.32 Å². The second-order valence-electron chi connectivity index (χ2n) is 3.11. The summed E-state index contributed by atoms with van der Waals surface area (Å²) in [5, 5.41) is 2.86. The van der Waals surface area contributed by atoms with Crippen LogP contribution in [0.25, 0.3) is 0 Å². The quantitative estimate of drug-likeness (QED) is 0.691. The molecule has 1 heterocycles. The van der Waals surface area contributed by atoms with Crippen LogP contribution in [0.5, 0.6) is 0 Å². The molecule has 0 saturated heterocycles. The van der Waals surface area contributed by atoms with Crippen molar-refractivity contribution in [1.82, 2.24) is 0 Å². The lowest BCUT2D eigenvalue weighted by molar-refractivity contribution is -0.116. The summed E-state index contributed by atoms with van der Waals surface area (Å²) in [6.45, 7) is 0. The number of halogens is 1.